The maximum absolute atomic E-state index is 12.6. The number of hydrogen-bond donors (Lipinski definition) is 2. The second kappa shape index (κ2) is 5.20. The lowest BCUT2D eigenvalue weighted by Gasteiger charge is -2.03. The Morgan fingerprint density at radius 1 is 1.35 bits per heavy atom. The highest BCUT2D eigenvalue weighted by Crippen LogP contribution is 2.02. The number of amides is 1. The van der Waals surface area contributed by atoms with Crippen molar-refractivity contribution in [2.75, 3.05) is 6.54 Å². The third kappa shape index (κ3) is 3.10. The van der Waals surface area contributed by atoms with E-state index in [1.54, 1.807) is 0 Å². The Labute approximate surface area is 97.1 Å². The van der Waals surface area contributed by atoms with Gasteiger partial charge in [0.25, 0.3) is 5.91 Å². The van der Waals surface area contributed by atoms with E-state index < -0.39 is 0 Å². The van der Waals surface area contributed by atoms with Crippen LogP contribution < -0.4 is 5.32 Å². The fraction of sp³-hybridized carbons (Fsp3) is 0.182. The standard InChI is InChI=1S/C11H11FN4O/c12-9-3-1-8(2-4-9)11(17)13-6-5-10-14-7-15-16-10/h1-4,7H,5-6H2,(H,13,17)(H,14,15,16). The average molecular weight is 234 g/mol. The highest BCUT2D eigenvalue weighted by atomic mass is 19.1. The number of benzene rings is 1. The van der Waals surface area contributed by atoms with Gasteiger partial charge in [-0.2, -0.15) is 5.10 Å². The van der Waals surface area contributed by atoms with Crippen LogP contribution in [0, 0.1) is 5.82 Å². The molecule has 0 saturated heterocycles. The summed E-state index contributed by atoms with van der Waals surface area (Å²) in [7, 11) is 0. The van der Waals surface area contributed by atoms with Gasteiger partial charge in [-0.1, -0.05) is 0 Å². The van der Waals surface area contributed by atoms with E-state index in [-0.39, 0.29) is 11.7 Å². The number of hydrogen-bond acceptors (Lipinski definition) is 3. The largest absolute Gasteiger partial charge is 0.352 e. The van der Waals surface area contributed by atoms with Gasteiger partial charge >= 0.3 is 0 Å². The second-order valence-corrected chi connectivity index (χ2v) is 3.44. The summed E-state index contributed by atoms with van der Waals surface area (Å²) in [6, 6.07) is 5.40. The van der Waals surface area contributed by atoms with Crippen molar-refractivity contribution in [3.05, 3.63) is 47.8 Å². The van der Waals surface area contributed by atoms with E-state index in [0.717, 1.165) is 0 Å². The molecule has 0 aliphatic rings. The van der Waals surface area contributed by atoms with Crippen LogP contribution in [-0.4, -0.2) is 27.6 Å². The molecular weight excluding hydrogens is 223 g/mol. The molecular formula is C11H11FN4O. The Hall–Kier alpha value is -2.24. The smallest absolute Gasteiger partial charge is 0.251 e. The zero-order chi connectivity index (χ0) is 12.1. The predicted octanol–water partition coefficient (Wildman–Crippen LogP) is 0.916. The molecule has 1 aromatic carbocycles. The first-order valence-electron chi connectivity index (χ1n) is 5.14. The Kier molecular flexibility index (Phi) is 3.44. The van der Waals surface area contributed by atoms with Crippen LogP contribution in [0.3, 0.4) is 0 Å². The maximum atomic E-state index is 12.6. The minimum atomic E-state index is -0.358. The fourth-order valence-corrected chi connectivity index (χ4v) is 1.35. The van der Waals surface area contributed by atoms with Gasteiger partial charge in [0.2, 0.25) is 0 Å². The molecule has 2 N–H and O–H groups in total. The lowest BCUT2D eigenvalue weighted by Crippen LogP contribution is -2.25. The van der Waals surface area contributed by atoms with Crippen LogP contribution in [0.2, 0.25) is 0 Å². The number of carbonyl (C=O) groups is 1. The predicted molar refractivity (Wildman–Crippen MR) is 58.8 cm³/mol. The second-order valence-electron chi connectivity index (χ2n) is 3.44. The molecule has 0 aliphatic heterocycles. The minimum Gasteiger partial charge on any atom is -0.352 e. The lowest BCUT2D eigenvalue weighted by molar-refractivity contribution is 0.0954. The first-order chi connectivity index (χ1) is 8.25. The monoisotopic (exact) mass is 234 g/mol. The van der Waals surface area contributed by atoms with Crippen LogP contribution in [0.1, 0.15) is 16.2 Å². The van der Waals surface area contributed by atoms with Crippen LogP contribution in [0.4, 0.5) is 4.39 Å². The average Bonchev–Trinajstić information content (AvgIpc) is 2.83. The normalized spacial score (nSPS) is 10.2. The molecule has 0 radical (unpaired) electrons. The zero-order valence-electron chi connectivity index (χ0n) is 8.98. The minimum absolute atomic E-state index is 0.232. The lowest BCUT2D eigenvalue weighted by atomic mass is 10.2. The number of aromatic amines is 1. The van der Waals surface area contributed by atoms with Gasteiger partial charge in [-0.05, 0) is 24.3 Å². The van der Waals surface area contributed by atoms with E-state index in [9.17, 15) is 9.18 Å². The van der Waals surface area contributed by atoms with E-state index in [4.69, 9.17) is 0 Å². The molecule has 1 amide bonds. The van der Waals surface area contributed by atoms with Gasteiger partial charge in [0.1, 0.15) is 18.0 Å². The molecule has 0 atom stereocenters. The number of halogens is 1. The number of carbonyl (C=O) groups excluding carboxylic acids is 1. The van der Waals surface area contributed by atoms with Crippen LogP contribution in [0.15, 0.2) is 30.6 Å². The van der Waals surface area contributed by atoms with Crippen molar-refractivity contribution in [2.45, 2.75) is 6.42 Å². The molecule has 88 valence electrons. The van der Waals surface area contributed by atoms with Crippen molar-refractivity contribution in [3.63, 3.8) is 0 Å². The van der Waals surface area contributed by atoms with E-state index in [1.165, 1.54) is 30.6 Å². The van der Waals surface area contributed by atoms with Crippen LogP contribution in [0.25, 0.3) is 0 Å². The van der Waals surface area contributed by atoms with Crippen molar-refractivity contribution < 1.29 is 9.18 Å². The number of nitrogens with one attached hydrogen (secondary N) is 2. The molecule has 0 bridgehead atoms. The summed E-state index contributed by atoms with van der Waals surface area (Å²) in [5, 5.41) is 9.10. The van der Waals surface area contributed by atoms with Crippen molar-refractivity contribution in [1.29, 1.82) is 0 Å². The third-order valence-corrected chi connectivity index (χ3v) is 2.22. The molecule has 5 nitrogen and oxygen atoms in total. The number of H-pyrrole nitrogens is 1. The van der Waals surface area contributed by atoms with Crippen molar-refractivity contribution in [1.82, 2.24) is 20.5 Å². The van der Waals surface area contributed by atoms with Crippen LogP contribution in [-0.2, 0) is 6.42 Å². The Balaban J connectivity index is 1.83. The Morgan fingerprint density at radius 2 is 2.12 bits per heavy atom. The van der Waals surface area contributed by atoms with E-state index in [1.807, 2.05) is 0 Å². The first kappa shape index (κ1) is 11.3. The fourth-order valence-electron chi connectivity index (χ4n) is 1.35. The highest BCUT2D eigenvalue weighted by molar-refractivity contribution is 5.94. The van der Waals surface area contributed by atoms with Crippen molar-refractivity contribution in [3.8, 4) is 0 Å². The van der Waals surface area contributed by atoms with Gasteiger partial charge in [-0.15, -0.1) is 0 Å². The molecule has 0 unspecified atom stereocenters. The molecule has 0 spiro atoms. The van der Waals surface area contributed by atoms with Gasteiger partial charge in [0.15, 0.2) is 0 Å². The Bertz CT molecular complexity index is 481. The highest BCUT2D eigenvalue weighted by Gasteiger charge is 2.05. The summed E-state index contributed by atoms with van der Waals surface area (Å²) in [6.45, 7) is 0.450. The van der Waals surface area contributed by atoms with Crippen molar-refractivity contribution >= 4 is 5.91 Å². The third-order valence-electron chi connectivity index (χ3n) is 2.22. The summed E-state index contributed by atoms with van der Waals surface area (Å²) < 4.78 is 12.6. The van der Waals surface area contributed by atoms with Gasteiger partial charge in [0.05, 0.1) is 0 Å². The number of nitrogens with zero attached hydrogens (tertiary/aromatic N) is 2. The SMILES string of the molecule is O=C(NCCc1ncn[nH]1)c1ccc(F)cc1. The molecule has 6 heteroatoms. The van der Waals surface area contributed by atoms with Crippen molar-refractivity contribution in [2.24, 2.45) is 0 Å². The van der Waals surface area contributed by atoms with Gasteiger partial charge in [-0.3, -0.25) is 9.89 Å². The van der Waals surface area contributed by atoms with Crippen LogP contribution >= 0.6 is 0 Å². The molecule has 2 rings (SSSR count). The number of aromatic nitrogens is 3. The van der Waals surface area contributed by atoms with E-state index in [0.29, 0.717) is 24.4 Å². The number of rotatable bonds is 4. The molecule has 0 saturated carbocycles. The van der Waals surface area contributed by atoms with Crippen LogP contribution in [0.5, 0.6) is 0 Å². The quantitative estimate of drug-likeness (QED) is 0.826. The van der Waals surface area contributed by atoms with E-state index >= 15 is 0 Å². The van der Waals surface area contributed by atoms with E-state index in [2.05, 4.69) is 20.5 Å². The molecule has 17 heavy (non-hydrogen) atoms. The molecule has 2 aromatic rings. The summed E-state index contributed by atoms with van der Waals surface area (Å²) >= 11 is 0. The molecule has 1 aromatic heterocycles. The van der Waals surface area contributed by atoms with Gasteiger partial charge in [0, 0.05) is 18.5 Å². The molecule has 0 fully saturated rings. The summed E-state index contributed by atoms with van der Waals surface area (Å²) in [6.07, 6.45) is 1.99. The first-order valence-corrected chi connectivity index (χ1v) is 5.14. The zero-order valence-corrected chi connectivity index (χ0v) is 8.98. The Morgan fingerprint density at radius 3 is 2.76 bits per heavy atom. The molecule has 0 aliphatic carbocycles. The summed E-state index contributed by atoms with van der Waals surface area (Å²) in [5.41, 5.74) is 0.434. The summed E-state index contributed by atoms with van der Waals surface area (Å²) in [5.74, 6) is 0.122. The maximum Gasteiger partial charge on any atom is 0.251 e. The molecule has 1 heterocycles. The van der Waals surface area contributed by atoms with Gasteiger partial charge < -0.3 is 5.32 Å². The topological polar surface area (TPSA) is 70.7 Å². The summed E-state index contributed by atoms with van der Waals surface area (Å²) in [4.78, 5) is 15.5. The van der Waals surface area contributed by atoms with Gasteiger partial charge in [-0.25, -0.2) is 9.37 Å².